The largest absolute Gasteiger partial charge is 0.471 e. The first-order valence-electron chi connectivity index (χ1n) is 6.34. The van der Waals surface area contributed by atoms with E-state index in [2.05, 4.69) is 25.3 Å². The number of aromatic nitrogens is 2. The quantitative estimate of drug-likeness (QED) is 0.911. The van der Waals surface area contributed by atoms with Gasteiger partial charge in [0.25, 0.3) is 0 Å². The van der Waals surface area contributed by atoms with Crippen LogP contribution in [0.1, 0.15) is 19.7 Å². The molecule has 0 saturated carbocycles. The summed E-state index contributed by atoms with van der Waals surface area (Å²) < 4.78 is 41.5. The Morgan fingerprint density at radius 2 is 2.05 bits per heavy atom. The van der Waals surface area contributed by atoms with Crippen molar-refractivity contribution >= 4 is 11.7 Å². The van der Waals surface area contributed by atoms with Crippen molar-refractivity contribution < 1.29 is 22.5 Å². The van der Waals surface area contributed by atoms with Crippen LogP contribution < -0.4 is 10.6 Å². The Bertz CT molecular complexity index is 667. The molecule has 0 saturated heterocycles. The van der Waals surface area contributed by atoms with Crippen molar-refractivity contribution in [2.75, 3.05) is 5.32 Å². The first-order valence-corrected chi connectivity index (χ1v) is 6.34. The third-order valence-corrected chi connectivity index (χ3v) is 2.47. The Balaban J connectivity index is 2.18. The van der Waals surface area contributed by atoms with E-state index in [9.17, 15) is 18.0 Å². The molecule has 1 aromatic heterocycles. The van der Waals surface area contributed by atoms with E-state index >= 15 is 0 Å². The molecular weight excluding hydrogens is 301 g/mol. The highest BCUT2D eigenvalue weighted by molar-refractivity contribution is 5.90. The molecule has 0 aliphatic rings. The molecule has 0 spiro atoms. The lowest BCUT2D eigenvalue weighted by Gasteiger charge is -2.10. The van der Waals surface area contributed by atoms with Crippen LogP contribution in [-0.2, 0) is 6.18 Å². The Morgan fingerprint density at radius 1 is 1.32 bits per heavy atom. The summed E-state index contributed by atoms with van der Waals surface area (Å²) in [4.78, 5) is 14.9. The summed E-state index contributed by atoms with van der Waals surface area (Å²) >= 11 is 0. The van der Waals surface area contributed by atoms with E-state index in [-0.39, 0.29) is 11.9 Å². The van der Waals surface area contributed by atoms with Gasteiger partial charge in [-0.3, -0.25) is 0 Å². The second-order valence-electron chi connectivity index (χ2n) is 4.75. The number of amides is 2. The number of urea groups is 1. The molecule has 1 aromatic carbocycles. The number of carbonyl (C=O) groups is 1. The number of nitrogens with zero attached hydrogens (tertiary/aromatic N) is 2. The molecule has 118 valence electrons. The van der Waals surface area contributed by atoms with Crippen LogP contribution in [0.2, 0.25) is 0 Å². The summed E-state index contributed by atoms with van der Waals surface area (Å²) in [6.45, 7) is 3.60. The summed E-state index contributed by atoms with van der Waals surface area (Å²) in [5, 5.41) is 8.48. The number of anilines is 1. The summed E-state index contributed by atoms with van der Waals surface area (Å²) in [5.41, 5.74) is 0.690. The Labute approximate surface area is 123 Å². The molecule has 2 amide bonds. The number of benzene rings is 1. The molecule has 0 aliphatic carbocycles. The van der Waals surface area contributed by atoms with Crippen molar-refractivity contribution in [2.45, 2.75) is 26.1 Å². The SMILES string of the molecule is CC(C)NC(=O)Nc1cccc(-c2noc(C(F)(F)F)n2)c1. The molecule has 9 heteroatoms. The van der Waals surface area contributed by atoms with Crippen LogP contribution in [0.15, 0.2) is 28.8 Å². The fourth-order valence-corrected chi connectivity index (χ4v) is 1.62. The van der Waals surface area contributed by atoms with Crippen molar-refractivity contribution in [1.29, 1.82) is 0 Å². The monoisotopic (exact) mass is 314 g/mol. The predicted octanol–water partition coefficient (Wildman–Crippen LogP) is 3.29. The second kappa shape index (κ2) is 6.04. The Kier molecular flexibility index (Phi) is 4.34. The lowest BCUT2D eigenvalue weighted by Crippen LogP contribution is -2.34. The van der Waals surface area contributed by atoms with Gasteiger partial charge in [0.2, 0.25) is 5.82 Å². The molecule has 6 nitrogen and oxygen atoms in total. The molecule has 2 N–H and O–H groups in total. The number of halogens is 3. The van der Waals surface area contributed by atoms with E-state index in [4.69, 9.17) is 0 Å². The topological polar surface area (TPSA) is 80.0 Å². The maximum Gasteiger partial charge on any atom is 0.471 e. The van der Waals surface area contributed by atoms with Crippen LogP contribution in [0.4, 0.5) is 23.7 Å². The first-order chi connectivity index (χ1) is 10.3. The highest BCUT2D eigenvalue weighted by atomic mass is 19.4. The Morgan fingerprint density at radius 3 is 2.64 bits per heavy atom. The van der Waals surface area contributed by atoms with Crippen LogP contribution in [0.5, 0.6) is 0 Å². The van der Waals surface area contributed by atoms with E-state index in [0.29, 0.717) is 11.3 Å². The molecule has 0 radical (unpaired) electrons. The first kappa shape index (κ1) is 15.8. The van der Waals surface area contributed by atoms with Gasteiger partial charge in [0, 0.05) is 17.3 Å². The average Bonchev–Trinajstić information content (AvgIpc) is 2.87. The highest BCUT2D eigenvalue weighted by Gasteiger charge is 2.38. The van der Waals surface area contributed by atoms with Crippen molar-refractivity contribution in [3.63, 3.8) is 0 Å². The number of carbonyl (C=O) groups excluding carboxylic acids is 1. The van der Waals surface area contributed by atoms with Crippen molar-refractivity contribution in [3.05, 3.63) is 30.2 Å². The molecule has 2 aromatic rings. The molecular formula is C13H13F3N4O2. The maximum absolute atomic E-state index is 12.4. The third-order valence-electron chi connectivity index (χ3n) is 2.47. The predicted molar refractivity (Wildman–Crippen MR) is 72.0 cm³/mol. The van der Waals surface area contributed by atoms with Gasteiger partial charge in [-0.15, -0.1) is 0 Å². The highest BCUT2D eigenvalue weighted by Crippen LogP contribution is 2.29. The minimum absolute atomic E-state index is 0.0465. The van der Waals surface area contributed by atoms with Gasteiger partial charge in [-0.25, -0.2) is 4.79 Å². The van der Waals surface area contributed by atoms with E-state index in [1.54, 1.807) is 26.0 Å². The normalized spacial score (nSPS) is 11.5. The standard InChI is InChI=1S/C13H13F3N4O2/c1-7(2)17-12(21)18-9-5-3-4-8(6-9)10-19-11(22-20-10)13(14,15)16/h3-7H,1-2H3,(H2,17,18,21). The van der Waals surface area contributed by atoms with Gasteiger partial charge in [0.1, 0.15) is 0 Å². The van der Waals surface area contributed by atoms with Crippen LogP contribution in [0.3, 0.4) is 0 Å². The fraction of sp³-hybridized carbons (Fsp3) is 0.308. The molecule has 0 fully saturated rings. The molecule has 1 heterocycles. The van der Waals surface area contributed by atoms with Crippen molar-refractivity contribution in [2.24, 2.45) is 0 Å². The summed E-state index contributed by atoms with van der Waals surface area (Å²) in [6, 6.07) is 5.64. The van der Waals surface area contributed by atoms with Gasteiger partial charge < -0.3 is 15.2 Å². The minimum Gasteiger partial charge on any atom is -0.336 e. The van der Waals surface area contributed by atoms with E-state index < -0.39 is 18.1 Å². The lowest BCUT2D eigenvalue weighted by atomic mass is 10.2. The zero-order valence-corrected chi connectivity index (χ0v) is 11.7. The van der Waals surface area contributed by atoms with Gasteiger partial charge in [-0.05, 0) is 26.0 Å². The molecule has 0 unspecified atom stereocenters. The Hall–Kier alpha value is -2.58. The summed E-state index contributed by atoms with van der Waals surface area (Å²) in [6.07, 6.45) is -4.70. The van der Waals surface area contributed by atoms with Crippen molar-refractivity contribution in [1.82, 2.24) is 15.5 Å². The number of rotatable bonds is 3. The number of nitrogens with one attached hydrogen (secondary N) is 2. The molecule has 0 bridgehead atoms. The smallest absolute Gasteiger partial charge is 0.336 e. The third kappa shape index (κ3) is 3.96. The number of alkyl halides is 3. The zero-order valence-electron chi connectivity index (χ0n) is 11.7. The molecule has 2 rings (SSSR count). The molecule has 22 heavy (non-hydrogen) atoms. The van der Waals surface area contributed by atoms with E-state index in [1.165, 1.54) is 12.1 Å². The second-order valence-corrected chi connectivity index (χ2v) is 4.75. The molecule has 0 atom stereocenters. The van der Waals surface area contributed by atoms with Gasteiger partial charge in [0.15, 0.2) is 0 Å². The summed E-state index contributed by atoms with van der Waals surface area (Å²) in [5.74, 6) is -1.63. The van der Waals surface area contributed by atoms with Crippen molar-refractivity contribution in [3.8, 4) is 11.4 Å². The minimum atomic E-state index is -4.70. The maximum atomic E-state index is 12.4. The zero-order chi connectivity index (χ0) is 16.3. The van der Waals surface area contributed by atoms with Gasteiger partial charge in [-0.2, -0.15) is 18.2 Å². The average molecular weight is 314 g/mol. The van der Waals surface area contributed by atoms with Crippen LogP contribution in [-0.4, -0.2) is 22.2 Å². The van der Waals surface area contributed by atoms with E-state index in [1.807, 2.05) is 0 Å². The summed E-state index contributed by atoms with van der Waals surface area (Å²) in [7, 11) is 0. The lowest BCUT2D eigenvalue weighted by molar-refractivity contribution is -0.159. The van der Waals surface area contributed by atoms with Crippen LogP contribution in [0, 0.1) is 0 Å². The fourth-order valence-electron chi connectivity index (χ4n) is 1.62. The van der Waals surface area contributed by atoms with Crippen LogP contribution in [0.25, 0.3) is 11.4 Å². The van der Waals surface area contributed by atoms with E-state index in [0.717, 1.165) is 0 Å². The van der Waals surface area contributed by atoms with Crippen LogP contribution >= 0.6 is 0 Å². The van der Waals surface area contributed by atoms with Gasteiger partial charge in [0.05, 0.1) is 0 Å². The van der Waals surface area contributed by atoms with Gasteiger partial charge in [-0.1, -0.05) is 17.3 Å². The molecule has 0 aliphatic heterocycles. The van der Waals surface area contributed by atoms with Gasteiger partial charge >= 0.3 is 18.1 Å². The number of hydrogen-bond acceptors (Lipinski definition) is 4. The number of hydrogen-bond donors (Lipinski definition) is 2.